The topological polar surface area (TPSA) is 50.7 Å². The summed E-state index contributed by atoms with van der Waals surface area (Å²) < 4.78 is 11.3. The molecular formula is C19H25NO3. The number of aliphatic hydroxyl groups is 1. The van der Waals surface area contributed by atoms with Crippen molar-refractivity contribution in [3.05, 3.63) is 59.2 Å². The molecule has 23 heavy (non-hydrogen) atoms. The molecule has 0 spiro atoms. The molecule has 2 aromatic carbocycles. The van der Waals surface area contributed by atoms with Crippen molar-refractivity contribution in [3.63, 3.8) is 0 Å². The summed E-state index contributed by atoms with van der Waals surface area (Å²) in [5.41, 5.74) is 3.45. The maximum absolute atomic E-state index is 9.26. The first kappa shape index (κ1) is 17.3. The molecular weight excluding hydrogens is 290 g/mol. The van der Waals surface area contributed by atoms with E-state index in [4.69, 9.17) is 9.47 Å². The third kappa shape index (κ3) is 5.58. The Morgan fingerprint density at radius 3 is 2.39 bits per heavy atom. The van der Waals surface area contributed by atoms with Crippen molar-refractivity contribution < 1.29 is 14.6 Å². The minimum Gasteiger partial charge on any atom is -0.493 e. The zero-order valence-corrected chi connectivity index (χ0v) is 14.0. The van der Waals surface area contributed by atoms with Crippen molar-refractivity contribution in [2.24, 2.45) is 0 Å². The lowest BCUT2D eigenvalue weighted by Gasteiger charge is -2.13. The van der Waals surface area contributed by atoms with Gasteiger partial charge >= 0.3 is 0 Å². The number of hydrogen-bond donors (Lipinski definition) is 2. The Morgan fingerprint density at radius 2 is 1.74 bits per heavy atom. The van der Waals surface area contributed by atoms with Crippen LogP contribution in [0.25, 0.3) is 0 Å². The molecule has 0 saturated carbocycles. The standard InChI is InChI=1S/C19H25NO3/c1-14-4-6-16(7-5-14)13-23-18-9-8-17(10-19(18)22-3)12-20-11-15(2)21/h4-10,15,20-21H,11-13H2,1-3H3. The Labute approximate surface area is 138 Å². The maximum atomic E-state index is 9.26. The van der Waals surface area contributed by atoms with Crippen LogP contribution in [-0.4, -0.2) is 24.9 Å². The number of rotatable bonds is 8. The molecule has 0 aliphatic rings. The smallest absolute Gasteiger partial charge is 0.161 e. The number of ether oxygens (including phenoxy) is 2. The van der Waals surface area contributed by atoms with Gasteiger partial charge in [0.25, 0.3) is 0 Å². The van der Waals surface area contributed by atoms with E-state index in [0.29, 0.717) is 25.4 Å². The van der Waals surface area contributed by atoms with Gasteiger partial charge < -0.3 is 19.9 Å². The van der Waals surface area contributed by atoms with Gasteiger partial charge in [-0.1, -0.05) is 35.9 Å². The van der Waals surface area contributed by atoms with E-state index in [1.54, 1.807) is 14.0 Å². The summed E-state index contributed by atoms with van der Waals surface area (Å²) in [7, 11) is 1.64. The van der Waals surface area contributed by atoms with E-state index in [-0.39, 0.29) is 6.10 Å². The van der Waals surface area contributed by atoms with Crippen molar-refractivity contribution in [3.8, 4) is 11.5 Å². The summed E-state index contributed by atoms with van der Waals surface area (Å²) in [6.45, 7) is 5.58. The Balaban J connectivity index is 1.97. The monoisotopic (exact) mass is 315 g/mol. The molecule has 1 unspecified atom stereocenters. The number of aryl methyl sites for hydroxylation is 1. The molecule has 0 bridgehead atoms. The molecule has 0 aliphatic carbocycles. The lowest BCUT2D eigenvalue weighted by Crippen LogP contribution is -2.23. The molecule has 4 heteroatoms. The zero-order valence-electron chi connectivity index (χ0n) is 14.0. The summed E-state index contributed by atoms with van der Waals surface area (Å²) >= 11 is 0. The van der Waals surface area contributed by atoms with Crippen LogP contribution in [0.2, 0.25) is 0 Å². The maximum Gasteiger partial charge on any atom is 0.161 e. The fourth-order valence-corrected chi connectivity index (χ4v) is 2.21. The molecule has 0 aromatic heterocycles. The van der Waals surface area contributed by atoms with Crippen LogP contribution in [0.15, 0.2) is 42.5 Å². The van der Waals surface area contributed by atoms with Crippen LogP contribution in [0, 0.1) is 6.92 Å². The molecule has 0 saturated heterocycles. The number of hydrogen-bond acceptors (Lipinski definition) is 4. The van der Waals surface area contributed by atoms with Gasteiger partial charge in [-0.2, -0.15) is 0 Å². The van der Waals surface area contributed by atoms with Crippen LogP contribution >= 0.6 is 0 Å². The van der Waals surface area contributed by atoms with Crippen LogP contribution in [0.5, 0.6) is 11.5 Å². The largest absolute Gasteiger partial charge is 0.493 e. The van der Waals surface area contributed by atoms with E-state index in [2.05, 4.69) is 36.5 Å². The lowest BCUT2D eigenvalue weighted by molar-refractivity contribution is 0.191. The van der Waals surface area contributed by atoms with Gasteiger partial charge in [0.15, 0.2) is 11.5 Å². The predicted molar refractivity (Wildman–Crippen MR) is 91.9 cm³/mol. The second kappa shape index (κ2) is 8.56. The molecule has 0 heterocycles. The molecule has 2 rings (SSSR count). The fourth-order valence-electron chi connectivity index (χ4n) is 2.21. The molecule has 4 nitrogen and oxygen atoms in total. The van der Waals surface area contributed by atoms with Gasteiger partial charge in [0, 0.05) is 13.1 Å². The van der Waals surface area contributed by atoms with E-state index < -0.39 is 0 Å². The Morgan fingerprint density at radius 1 is 1.04 bits per heavy atom. The van der Waals surface area contributed by atoms with Crippen LogP contribution in [0.1, 0.15) is 23.6 Å². The van der Waals surface area contributed by atoms with Crippen molar-refractivity contribution in [2.45, 2.75) is 33.1 Å². The van der Waals surface area contributed by atoms with E-state index >= 15 is 0 Å². The van der Waals surface area contributed by atoms with Crippen LogP contribution < -0.4 is 14.8 Å². The average Bonchev–Trinajstić information content (AvgIpc) is 2.54. The molecule has 2 aromatic rings. The highest BCUT2D eigenvalue weighted by Gasteiger charge is 2.06. The Kier molecular flexibility index (Phi) is 6.44. The molecule has 2 N–H and O–H groups in total. The van der Waals surface area contributed by atoms with Gasteiger partial charge in [-0.3, -0.25) is 0 Å². The van der Waals surface area contributed by atoms with Gasteiger partial charge in [-0.25, -0.2) is 0 Å². The first-order valence-corrected chi connectivity index (χ1v) is 7.82. The second-order valence-corrected chi connectivity index (χ2v) is 5.74. The van der Waals surface area contributed by atoms with Gasteiger partial charge in [0.1, 0.15) is 6.61 Å². The van der Waals surface area contributed by atoms with Crippen molar-refractivity contribution in [2.75, 3.05) is 13.7 Å². The molecule has 0 amide bonds. The number of nitrogens with one attached hydrogen (secondary N) is 1. The SMILES string of the molecule is COc1cc(CNCC(C)O)ccc1OCc1ccc(C)cc1. The van der Waals surface area contributed by atoms with E-state index in [9.17, 15) is 5.11 Å². The minimum absolute atomic E-state index is 0.353. The quantitative estimate of drug-likeness (QED) is 0.786. The highest BCUT2D eigenvalue weighted by molar-refractivity contribution is 5.43. The molecule has 124 valence electrons. The number of benzene rings is 2. The first-order chi connectivity index (χ1) is 11.1. The highest BCUT2D eigenvalue weighted by atomic mass is 16.5. The van der Waals surface area contributed by atoms with Gasteiger partial charge in [-0.15, -0.1) is 0 Å². The molecule has 0 aliphatic heterocycles. The Bertz CT molecular complexity index is 609. The van der Waals surface area contributed by atoms with Gasteiger partial charge in [0.2, 0.25) is 0 Å². The summed E-state index contributed by atoms with van der Waals surface area (Å²) in [4.78, 5) is 0. The average molecular weight is 315 g/mol. The molecule has 0 radical (unpaired) electrons. The van der Waals surface area contributed by atoms with Crippen LogP contribution in [-0.2, 0) is 13.2 Å². The van der Waals surface area contributed by atoms with Crippen LogP contribution in [0.3, 0.4) is 0 Å². The van der Waals surface area contributed by atoms with Crippen molar-refractivity contribution in [1.82, 2.24) is 5.32 Å². The van der Waals surface area contributed by atoms with E-state index in [1.807, 2.05) is 18.2 Å². The second-order valence-electron chi connectivity index (χ2n) is 5.74. The normalized spacial score (nSPS) is 12.0. The first-order valence-electron chi connectivity index (χ1n) is 7.82. The number of aliphatic hydroxyl groups excluding tert-OH is 1. The highest BCUT2D eigenvalue weighted by Crippen LogP contribution is 2.28. The van der Waals surface area contributed by atoms with E-state index in [1.165, 1.54) is 5.56 Å². The molecule has 0 fully saturated rings. The fraction of sp³-hybridized carbons (Fsp3) is 0.368. The zero-order chi connectivity index (χ0) is 16.7. The summed E-state index contributed by atoms with van der Waals surface area (Å²) in [6.07, 6.45) is -0.353. The molecule has 1 atom stereocenters. The Hall–Kier alpha value is -2.04. The minimum atomic E-state index is -0.353. The van der Waals surface area contributed by atoms with Gasteiger partial charge in [-0.05, 0) is 37.1 Å². The summed E-state index contributed by atoms with van der Waals surface area (Å²) in [6, 6.07) is 14.2. The van der Waals surface area contributed by atoms with Crippen molar-refractivity contribution in [1.29, 1.82) is 0 Å². The third-order valence-electron chi connectivity index (χ3n) is 3.51. The van der Waals surface area contributed by atoms with Crippen molar-refractivity contribution >= 4 is 0 Å². The van der Waals surface area contributed by atoms with Crippen LogP contribution in [0.4, 0.5) is 0 Å². The number of methoxy groups -OCH3 is 1. The van der Waals surface area contributed by atoms with Gasteiger partial charge in [0.05, 0.1) is 13.2 Å². The predicted octanol–water partition coefficient (Wildman–Crippen LogP) is 3.05. The lowest BCUT2D eigenvalue weighted by atomic mass is 10.1. The summed E-state index contributed by atoms with van der Waals surface area (Å²) in [5.74, 6) is 1.45. The summed E-state index contributed by atoms with van der Waals surface area (Å²) in [5, 5.41) is 12.5. The third-order valence-corrected chi connectivity index (χ3v) is 3.51. The van der Waals surface area contributed by atoms with E-state index in [0.717, 1.165) is 16.9 Å².